The van der Waals surface area contributed by atoms with Crippen LogP contribution < -0.4 is 10.6 Å². The van der Waals surface area contributed by atoms with E-state index >= 15 is 0 Å². The van der Waals surface area contributed by atoms with Crippen LogP contribution in [-0.4, -0.2) is 51.5 Å². The lowest BCUT2D eigenvalue weighted by atomic mass is 10.1. The summed E-state index contributed by atoms with van der Waals surface area (Å²) < 4.78 is 14.9. The van der Waals surface area contributed by atoms with Gasteiger partial charge in [0, 0.05) is 30.9 Å². The van der Waals surface area contributed by atoms with Crippen LogP contribution >= 0.6 is 11.6 Å². The number of piperidine rings is 1. The van der Waals surface area contributed by atoms with E-state index in [9.17, 15) is 14.0 Å². The number of likely N-dealkylation sites (tertiary alicyclic amines) is 1. The summed E-state index contributed by atoms with van der Waals surface area (Å²) in [4.78, 5) is 26.6. The number of nitrogens with zero attached hydrogens (tertiary/aromatic N) is 4. The predicted molar refractivity (Wildman–Crippen MR) is 116 cm³/mol. The monoisotopic (exact) mass is 444 g/mol. The number of rotatable bonds is 5. The third-order valence-corrected chi connectivity index (χ3v) is 5.48. The topological polar surface area (TPSA) is 92.1 Å². The molecule has 1 aliphatic rings. The van der Waals surface area contributed by atoms with Crippen LogP contribution in [-0.2, 0) is 6.54 Å². The van der Waals surface area contributed by atoms with Crippen LogP contribution in [0.3, 0.4) is 0 Å². The molecular formula is C21H22ClFN6O2. The van der Waals surface area contributed by atoms with Gasteiger partial charge in [0.2, 0.25) is 0 Å². The third kappa shape index (κ3) is 4.93. The lowest BCUT2D eigenvalue weighted by Gasteiger charge is -2.26. The number of fused-ring (bicyclic) bond motifs is 1. The largest absolute Gasteiger partial charge is 0.339 e. The van der Waals surface area contributed by atoms with Gasteiger partial charge in [0.05, 0.1) is 17.1 Å². The molecule has 0 aliphatic carbocycles. The Morgan fingerprint density at radius 3 is 2.68 bits per heavy atom. The van der Waals surface area contributed by atoms with E-state index in [1.807, 2.05) is 11.0 Å². The molecule has 10 heteroatoms. The average molecular weight is 445 g/mol. The summed E-state index contributed by atoms with van der Waals surface area (Å²) in [5.74, 6) is -0.526. The van der Waals surface area contributed by atoms with Crippen LogP contribution in [0.1, 0.15) is 29.6 Å². The first-order valence-electron chi connectivity index (χ1n) is 10.1. The van der Waals surface area contributed by atoms with Gasteiger partial charge in [-0.2, -0.15) is 0 Å². The van der Waals surface area contributed by atoms with Crippen molar-refractivity contribution >= 4 is 40.3 Å². The number of benzene rings is 2. The molecule has 0 unspecified atom stereocenters. The van der Waals surface area contributed by atoms with Gasteiger partial charge in [-0.05, 0) is 55.7 Å². The summed E-state index contributed by atoms with van der Waals surface area (Å²) in [6.45, 7) is 2.28. The van der Waals surface area contributed by atoms with E-state index < -0.39 is 11.8 Å². The Kier molecular flexibility index (Phi) is 6.31. The molecule has 0 radical (unpaired) electrons. The van der Waals surface area contributed by atoms with Crippen LogP contribution in [0.5, 0.6) is 0 Å². The number of carbonyl (C=O) groups excluding carboxylic acids is 2. The number of amides is 3. The summed E-state index contributed by atoms with van der Waals surface area (Å²) in [7, 11) is 0. The number of hydrogen-bond acceptors (Lipinski definition) is 4. The van der Waals surface area contributed by atoms with E-state index in [0.29, 0.717) is 29.9 Å². The van der Waals surface area contributed by atoms with Gasteiger partial charge in [-0.1, -0.05) is 16.8 Å². The normalized spacial score (nSPS) is 13.9. The summed E-state index contributed by atoms with van der Waals surface area (Å²) in [6, 6.07) is 8.88. The third-order valence-electron chi connectivity index (χ3n) is 5.19. The van der Waals surface area contributed by atoms with E-state index in [4.69, 9.17) is 11.6 Å². The highest BCUT2D eigenvalue weighted by molar-refractivity contribution is 6.31. The van der Waals surface area contributed by atoms with Crippen LogP contribution in [0.4, 0.5) is 14.9 Å². The van der Waals surface area contributed by atoms with Crippen LogP contribution in [0.15, 0.2) is 36.4 Å². The minimum Gasteiger partial charge on any atom is -0.339 e. The highest BCUT2D eigenvalue weighted by Gasteiger charge is 2.19. The van der Waals surface area contributed by atoms with Crippen molar-refractivity contribution in [1.29, 1.82) is 0 Å². The van der Waals surface area contributed by atoms with Crippen molar-refractivity contribution in [3.8, 4) is 0 Å². The number of anilines is 1. The summed E-state index contributed by atoms with van der Waals surface area (Å²) >= 11 is 5.71. The Morgan fingerprint density at radius 1 is 1.10 bits per heavy atom. The standard InChI is InChI=1S/C21H22ClFN6O2/c22-16-13-15(5-6-17(16)23)25-21(31)24-8-11-29-19-7-4-14(12-18(19)26-27-29)20(30)28-9-2-1-3-10-28/h4-7,12-13H,1-3,8-11H2,(H2,24,25,31). The van der Waals surface area contributed by atoms with Gasteiger partial charge in [-0.3, -0.25) is 4.79 Å². The van der Waals surface area contributed by atoms with Crippen molar-refractivity contribution in [1.82, 2.24) is 25.2 Å². The fourth-order valence-electron chi connectivity index (χ4n) is 3.57. The molecule has 162 valence electrons. The molecule has 3 amide bonds. The van der Waals surface area contributed by atoms with E-state index in [2.05, 4.69) is 20.9 Å². The SMILES string of the molecule is O=C(NCCn1nnc2cc(C(=O)N3CCCCC3)ccc21)Nc1ccc(F)c(Cl)c1. The van der Waals surface area contributed by atoms with Gasteiger partial charge in [-0.25, -0.2) is 13.9 Å². The van der Waals surface area contributed by atoms with E-state index in [1.165, 1.54) is 24.6 Å². The zero-order valence-corrected chi connectivity index (χ0v) is 17.5. The number of aromatic nitrogens is 3. The minimum atomic E-state index is -0.550. The lowest BCUT2D eigenvalue weighted by molar-refractivity contribution is 0.0724. The second-order valence-electron chi connectivity index (χ2n) is 7.38. The Hall–Kier alpha value is -3.20. The maximum absolute atomic E-state index is 13.2. The van der Waals surface area contributed by atoms with Gasteiger partial charge in [0.1, 0.15) is 11.3 Å². The van der Waals surface area contributed by atoms with Crippen molar-refractivity contribution in [2.45, 2.75) is 25.8 Å². The first-order valence-corrected chi connectivity index (χ1v) is 10.5. The van der Waals surface area contributed by atoms with Crippen LogP contribution in [0.2, 0.25) is 5.02 Å². The van der Waals surface area contributed by atoms with E-state index in [0.717, 1.165) is 31.4 Å². The molecule has 2 aromatic carbocycles. The lowest BCUT2D eigenvalue weighted by Crippen LogP contribution is -2.35. The molecule has 3 aromatic rings. The number of carbonyl (C=O) groups is 2. The van der Waals surface area contributed by atoms with Crippen molar-refractivity contribution < 1.29 is 14.0 Å². The molecule has 4 rings (SSSR count). The number of halogens is 2. The zero-order valence-electron chi connectivity index (χ0n) is 16.8. The molecule has 1 aromatic heterocycles. The molecule has 0 spiro atoms. The predicted octanol–water partition coefficient (Wildman–Crippen LogP) is 3.67. The Bertz CT molecular complexity index is 1110. The molecule has 0 bridgehead atoms. The van der Waals surface area contributed by atoms with E-state index in [1.54, 1.807) is 16.8 Å². The number of urea groups is 1. The Labute approximate surface area is 183 Å². The van der Waals surface area contributed by atoms with Crippen molar-refractivity contribution in [2.75, 3.05) is 25.0 Å². The first-order chi connectivity index (χ1) is 15.0. The molecule has 1 saturated heterocycles. The molecule has 2 heterocycles. The van der Waals surface area contributed by atoms with Gasteiger partial charge in [0.25, 0.3) is 5.91 Å². The number of nitrogens with one attached hydrogen (secondary N) is 2. The van der Waals surface area contributed by atoms with Gasteiger partial charge in [-0.15, -0.1) is 5.10 Å². The maximum Gasteiger partial charge on any atom is 0.319 e. The average Bonchev–Trinajstić information content (AvgIpc) is 3.18. The zero-order chi connectivity index (χ0) is 21.8. The molecule has 8 nitrogen and oxygen atoms in total. The summed E-state index contributed by atoms with van der Waals surface area (Å²) in [5, 5.41) is 13.5. The molecule has 31 heavy (non-hydrogen) atoms. The Morgan fingerprint density at radius 2 is 1.90 bits per heavy atom. The smallest absolute Gasteiger partial charge is 0.319 e. The minimum absolute atomic E-state index is 0.0235. The Balaban J connectivity index is 1.34. The molecular weight excluding hydrogens is 423 g/mol. The summed E-state index contributed by atoms with van der Waals surface area (Å²) in [5.41, 5.74) is 2.41. The van der Waals surface area contributed by atoms with Crippen molar-refractivity contribution in [3.05, 3.63) is 52.8 Å². The molecule has 0 saturated carbocycles. The van der Waals surface area contributed by atoms with Gasteiger partial charge < -0.3 is 15.5 Å². The van der Waals surface area contributed by atoms with Gasteiger partial charge in [0.15, 0.2) is 0 Å². The van der Waals surface area contributed by atoms with Crippen LogP contribution in [0.25, 0.3) is 11.0 Å². The van der Waals surface area contributed by atoms with Crippen molar-refractivity contribution in [2.24, 2.45) is 0 Å². The highest BCUT2D eigenvalue weighted by atomic mass is 35.5. The number of hydrogen-bond donors (Lipinski definition) is 2. The fourth-order valence-corrected chi connectivity index (χ4v) is 3.75. The molecule has 1 fully saturated rings. The highest BCUT2D eigenvalue weighted by Crippen LogP contribution is 2.19. The van der Waals surface area contributed by atoms with Crippen molar-refractivity contribution in [3.63, 3.8) is 0 Å². The fraction of sp³-hybridized carbons (Fsp3) is 0.333. The molecule has 2 N–H and O–H groups in total. The quantitative estimate of drug-likeness (QED) is 0.628. The van der Waals surface area contributed by atoms with Gasteiger partial charge >= 0.3 is 6.03 Å². The maximum atomic E-state index is 13.2. The second-order valence-corrected chi connectivity index (χ2v) is 7.79. The second kappa shape index (κ2) is 9.30. The van der Waals surface area contributed by atoms with E-state index in [-0.39, 0.29) is 10.9 Å². The molecule has 1 aliphatic heterocycles. The summed E-state index contributed by atoms with van der Waals surface area (Å²) in [6.07, 6.45) is 3.25. The van der Waals surface area contributed by atoms with Crippen LogP contribution in [0, 0.1) is 5.82 Å². The first kappa shape index (κ1) is 21.0. The molecule has 0 atom stereocenters.